The van der Waals surface area contributed by atoms with Crippen molar-refractivity contribution in [1.82, 2.24) is 5.32 Å². The van der Waals surface area contributed by atoms with Crippen molar-refractivity contribution in [2.75, 3.05) is 12.3 Å². The Bertz CT molecular complexity index is 660. The van der Waals surface area contributed by atoms with Crippen LogP contribution in [0.3, 0.4) is 0 Å². The van der Waals surface area contributed by atoms with Gasteiger partial charge in [0, 0.05) is 6.54 Å². The van der Waals surface area contributed by atoms with Crippen LogP contribution in [0.5, 0.6) is 0 Å². The highest BCUT2D eigenvalue weighted by atomic mass is 32.2. The lowest BCUT2D eigenvalue weighted by Crippen LogP contribution is -2.35. The highest BCUT2D eigenvalue weighted by Gasteiger charge is 2.19. The number of carboxylic acids is 1. The Balaban J connectivity index is 2.67. The van der Waals surface area contributed by atoms with E-state index < -0.39 is 27.5 Å². The van der Waals surface area contributed by atoms with Crippen molar-refractivity contribution in [1.29, 1.82) is 0 Å². The molecule has 0 heterocycles. The smallest absolute Gasteiger partial charge is 0.407 e. The minimum absolute atomic E-state index is 0.0987. The Morgan fingerprint density at radius 2 is 1.91 bits per heavy atom. The van der Waals surface area contributed by atoms with E-state index in [0.29, 0.717) is 0 Å². The number of aromatic carboxylic acids is 1. The van der Waals surface area contributed by atoms with E-state index in [4.69, 9.17) is 9.84 Å². The molecule has 0 atom stereocenters. The average Bonchev–Trinajstić information content (AvgIpc) is 2.36. The van der Waals surface area contributed by atoms with Gasteiger partial charge in [-0.25, -0.2) is 18.0 Å². The third kappa shape index (κ3) is 5.72. The van der Waals surface area contributed by atoms with Crippen molar-refractivity contribution in [3.8, 4) is 0 Å². The van der Waals surface area contributed by atoms with Gasteiger partial charge in [-0.3, -0.25) is 0 Å². The van der Waals surface area contributed by atoms with Gasteiger partial charge < -0.3 is 15.2 Å². The van der Waals surface area contributed by atoms with Gasteiger partial charge in [0.05, 0.1) is 16.2 Å². The van der Waals surface area contributed by atoms with Crippen LogP contribution in [-0.4, -0.2) is 43.5 Å². The van der Waals surface area contributed by atoms with Crippen LogP contribution >= 0.6 is 0 Å². The number of carbonyl (C=O) groups excluding carboxylic acids is 1. The van der Waals surface area contributed by atoms with Crippen LogP contribution in [0, 0.1) is 0 Å². The SMILES string of the molecule is CC(C)(C)OC(=O)NCCS(=O)(=O)c1cccc(C(=O)O)c1. The number of carbonyl (C=O) groups is 2. The quantitative estimate of drug-likeness (QED) is 0.850. The van der Waals surface area contributed by atoms with E-state index in [2.05, 4.69) is 5.32 Å². The fourth-order valence-electron chi connectivity index (χ4n) is 1.54. The molecule has 22 heavy (non-hydrogen) atoms. The van der Waals surface area contributed by atoms with E-state index in [-0.39, 0.29) is 22.8 Å². The maximum atomic E-state index is 12.1. The first-order valence-corrected chi connectivity index (χ1v) is 8.19. The molecular formula is C14H19NO6S. The van der Waals surface area contributed by atoms with Crippen molar-refractivity contribution in [2.45, 2.75) is 31.3 Å². The summed E-state index contributed by atoms with van der Waals surface area (Å²) in [5.74, 6) is -1.56. The van der Waals surface area contributed by atoms with Crippen molar-refractivity contribution in [2.24, 2.45) is 0 Å². The van der Waals surface area contributed by atoms with Crippen molar-refractivity contribution >= 4 is 21.9 Å². The minimum Gasteiger partial charge on any atom is -0.478 e. The number of sulfone groups is 1. The molecule has 8 heteroatoms. The zero-order chi connectivity index (χ0) is 17.0. The number of alkyl carbamates (subject to hydrolysis) is 1. The molecule has 0 radical (unpaired) electrons. The second kappa shape index (κ2) is 6.78. The number of nitrogens with one attached hydrogen (secondary N) is 1. The number of hydrogen-bond acceptors (Lipinski definition) is 5. The maximum Gasteiger partial charge on any atom is 0.407 e. The highest BCUT2D eigenvalue weighted by Crippen LogP contribution is 2.13. The Labute approximate surface area is 129 Å². The van der Waals surface area contributed by atoms with Crippen LogP contribution in [-0.2, 0) is 14.6 Å². The van der Waals surface area contributed by atoms with Crippen molar-refractivity contribution < 1.29 is 27.9 Å². The summed E-state index contributed by atoms with van der Waals surface area (Å²) in [6.45, 7) is 4.96. The number of benzene rings is 1. The normalized spacial score (nSPS) is 11.8. The van der Waals surface area contributed by atoms with E-state index in [9.17, 15) is 18.0 Å². The molecule has 0 bridgehead atoms. The molecule has 1 amide bonds. The second-order valence-corrected chi connectivity index (χ2v) is 7.69. The molecule has 0 aliphatic rings. The largest absolute Gasteiger partial charge is 0.478 e. The first-order valence-electron chi connectivity index (χ1n) is 6.54. The molecular weight excluding hydrogens is 310 g/mol. The average molecular weight is 329 g/mol. The van der Waals surface area contributed by atoms with Crippen LogP contribution in [0.15, 0.2) is 29.2 Å². The fourth-order valence-corrected chi connectivity index (χ4v) is 2.74. The number of carboxylic acid groups (broad SMARTS) is 1. The molecule has 7 nitrogen and oxygen atoms in total. The van der Waals surface area contributed by atoms with Gasteiger partial charge in [0.1, 0.15) is 5.60 Å². The van der Waals surface area contributed by atoms with Crippen LogP contribution < -0.4 is 5.32 Å². The summed E-state index contributed by atoms with van der Waals surface area (Å²) in [4.78, 5) is 22.2. The summed E-state index contributed by atoms with van der Waals surface area (Å²) < 4.78 is 29.2. The lowest BCUT2D eigenvalue weighted by Gasteiger charge is -2.19. The van der Waals surface area contributed by atoms with Gasteiger partial charge in [0.15, 0.2) is 9.84 Å². The van der Waals surface area contributed by atoms with Gasteiger partial charge in [-0.2, -0.15) is 0 Å². The number of hydrogen-bond donors (Lipinski definition) is 2. The molecule has 122 valence electrons. The molecule has 0 saturated carbocycles. The lowest BCUT2D eigenvalue weighted by atomic mass is 10.2. The summed E-state index contributed by atoms with van der Waals surface area (Å²) in [6, 6.07) is 5.07. The van der Waals surface area contributed by atoms with E-state index in [1.165, 1.54) is 18.2 Å². The number of rotatable bonds is 5. The summed E-state index contributed by atoms with van der Waals surface area (Å²) in [5.41, 5.74) is -0.778. The topological polar surface area (TPSA) is 110 Å². The van der Waals surface area contributed by atoms with Gasteiger partial charge in [0.2, 0.25) is 0 Å². The molecule has 1 aromatic carbocycles. The highest BCUT2D eigenvalue weighted by molar-refractivity contribution is 7.91. The van der Waals surface area contributed by atoms with Crippen LogP contribution in [0.4, 0.5) is 4.79 Å². The molecule has 0 aliphatic heterocycles. The van der Waals surface area contributed by atoms with Gasteiger partial charge >= 0.3 is 12.1 Å². The Morgan fingerprint density at radius 1 is 1.27 bits per heavy atom. The van der Waals surface area contributed by atoms with E-state index in [0.717, 1.165) is 6.07 Å². The maximum absolute atomic E-state index is 12.1. The van der Waals surface area contributed by atoms with Crippen LogP contribution in [0.25, 0.3) is 0 Å². The minimum atomic E-state index is -3.69. The fraction of sp³-hybridized carbons (Fsp3) is 0.429. The summed E-state index contributed by atoms with van der Waals surface area (Å²) in [7, 11) is -3.69. The predicted molar refractivity (Wildman–Crippen MR) is 79.7 cm³/mol. The summed E-state index contributed by atoms with van der Waals surface area (Å²) >= 11 is 0. The standard InChI is InChI=1S/C14H19NO6S/c1-14(2,3)21-13(18)15-7-8-22(19,20)11-6-4-5-10(9-11)12(16)17/h4-6,9H,7-8H2,1-3H3,(H,15,18)(H,16,17). The van der Waals surface area contributed by atoms with Crippen LogP contribution in [0.2, 0.25) is 0 Å². The van der Waals surface area contributed by atoms with Gasteiger partial charge in [-0.1, -0.05) is 6.07 Å². The van der Waals surface area contributed by atoms with Crippen molar-refractivity contribution in [3.63, 3.8) is 0 Å². The lowest BCUT2D eigenvalue weighted by molar-refractivity contribution is 0.0530. The number of amides is 1. The number of ether oxygens (including phenoxy) is 1. The molecule has 1 aromatic rings. The van der Waals surface area contributed by atoms with Gasteiger partial charge in [0.25, 0.3) is 0 Å². The zero-order valence-electron chi connectivity index (χ0n) is 12.6. The molecule has 0 saturated heterocycles. The Hall–Kier alpha value is -2.09. The summed E-state index contributed by atoms with van der Waals surface area (Å²) in [5, 5.41) is 11.2. The first-order chi connectivity index (χ1) is 10.0. The third-order valence-electron chi connectivity index (χ3n) is 2.48. The Morgan fingerprint density at radius 3 is 2.45 bits per heavy atom. The van der Waals surface area contributed by atoms with E-state index in [1.54, 1.807) is 20.8 Å². The first kappa shape index (κ1) is 18.0. The molecule has 0 aromatic heterocycles. The third-order valence-corrected chi connectivity index (χ3v) is 4.19. The molecule has 0 spiro atoms. The molecule has 2 N–H and O–H groups in total. The second-order valence-electron chi connectivity index (χ2n) is 5.58. The molecule has 0 aliphatic carbocycles. The molecule has 1 rings (SSSR count). The van der Waals surface area contributed by atoms with Crippen molar-refractivity contribution in [3.05, 3.63) is 29.8 Å². The zero-order valence-corrected chi connectivity index (χ0v) is 13.4. The Kier molecular flexibility index (Phi) is 5.54. The van der Waals surface area contributed by atoms with Crippen LogP contribution in [0.1, 0.15) is 31.1 Å². The van der Waals surface area contributed by atoms with Gasteiger partial charge in [-0.15, -0.1) is 0 Å². The molecule has 0 fully saturated rings. The van der Waals surface area contributed by atoms with E-state index in [1.807, 2.05) is 0 Å². The monoisotopic (exact) mass is 329 g/mol. The van der Waals surface area contributed by atoms with Gasteiger partial charge in [-0.05, 0) is 39.0 Å². The summed E-state index contributed by atoms with van der Waals surface area (Å²) in [6.07, 6.45) is -0.706. The molecule has 0 unspecified atom stereocenters. The van der Waals surface area contributed by atoms with E-state index >= 15 is 0 Å². The predicted octanol–water partition coefficient (Wildman–Crippen LogP) is 1.68.